The monoisotopic (exact) mass is 407 g/mol. The standard InChI is InChI=1S/C18H21N3O4S2/c1-11-10-26-18(19-11)15-9-17(12(2)21(15)3)27(22,23)20-14-8-13(24-4)6-7-16(14)25-5/h6-10,20H,1-5H3. The van der Waals surface area contributed by atoms with Crippen LogP contribution in [-0.4, -0.2) is 32.2 Å². The van der Waals surface area contributed by atoms with Crippen LogP contribution in [0.3, 0.4) is 0 Å². The van der Waals surface area contributed by atoms with E-state index in [0.29, 0.717) is 22.9 Å². The quantitative estimate of drug-likeness (QED) is 0.675. The molecule has 0 atom stereocenters. The zero-order chi connectivity index (χ0) is 19.8. The molecule has 0 radical (unpaired) electrons. The summed E-state index contributed by atoms with van der Waals surface area (Å²) >= 11 is 1.48. The van der Waals surface area contributed by atoms with Gasteiger partial charge in [-0.2, -0.15) is 0 Å². The molecule has 7 nitrogen and oxygen atoms in total. The highest BCUT2D eigenvalue weighted by molar-refractivity contribution is 7.92. The Kier molecular flexibility index (Phi) is 5.16. The van der Waals surface area contributed by atoms with Crippen LogP contribution in [0.15, 0.2) is 34.5 Å². The molecule has 0 saturated heterocycles. The first kappa shape index (κ1) is 19.2. The largest absolute Gasteiger partial charge is 0.497 e. The third-order valence-corrected chi connectivity index (χ3v) is 6.73. The molecule has 3 aromatic rings. The predicted molar refractivity (Wildman–Crippen MR) is 106 cm³/mol. The minimum Gasteiger partial charge on any atom is -0.497 e. The number of nitrogens with zero attached hydrogens (tertiary/aromatic N) is 2. The number of ether oxygens (including phenoxy) is 2. The van der Waals surface area contributed by atoms with E-state index in [0.717, 1.165) is 16.4 Å². The van der Waals surface area contributed by atoms with Gasteiger partial charge in [-0.1, -0.05) is 0 Å². The van der Waals surface area contributed by atoms with E-state index in [-0.39, 0.29) is 4.90 Å². The van der Waals surface area contributed by atoms with E-state index in [4.69, 9.17) is 9.47 Å². The fourth-order valence-corrected chi connectivity index (χ4v) is 4.91. The lowest BCUT2D eigenvalue weighted by Gasteiger charge is -2.13. The molecule has 0 bridgehead atoms. The SMILES string of the molecule is COc1ccc(OC)c(NS(=O)(=O)c2cc(-c3nc(C)cs3)n(C)c2C)c1. The van der Waals surface area contributed by atoms with Crippen LogP contribution in [0.4, 0.5) is 5.69 Å². The van der Waals surface area contributed by atoms with Crippen LogP contribution in [-0.2, 0) is 17.1 Å². The summed E-state index contributed by atoms with van der Waals surface area (Å²) in [4.78, 5) is 4.65. The summed E-state index contributed by atoms with van der Waals surface area (Å²) in [5, 5.41) is 2.71. The number of hydrogen-bond donors (Lipinski definition) is 1. The number of anilines is 1. The molecule has 9 heteroatoms. The molecule has 0 aliphatic heterocycles. The van der Waals surface area contributed by atoms with Crippen molar-refractivity contribution in [3.05, 3.63) is 41.0 Å². The molecule has 3 rings (SSSR count). The smallest absolute Gasteiger partial charge is 0.263 e. The lowest BCUT2D eigenvalue weighted by Crippen LogP contribution is -2.14. The van der Waals surface area contributed by atoms with E-state index in [1.165, 1.54) is 25.6 Å². The summed E-state index contributed by atoms with van der Waals surface area (Å²) in [7, 11) is 0.992. The van der Waals surface area contributed by atoms with Crippen LogP contribution in [0.2, 0.25) is 0 Å². The molecular formula is C18H21N3O4S2. The Hall–Kier alpha value is -2.52. The van der Waals surface area contributed by atoms with Gasteiger partial charge in [0.2, 0.25) is 0 Å². The summed E-state index contributed by atoms with van der Waals surface area (Å²) in [6.07, 6.45) is 0. The van der Waals surface area contributed by atoms with Crippen molar-refractivity contribution >= 4 is 27.0 Å². The molecule has 0 spiro atoms. The lowest BCUT2D eigenvalue weighted by atomic mass is 10.3. The van der Waals surface area contributed by atoms with Gasteiger partial charge in [-0.05, 0) is 32.0 Å². The number of methoxy groups -OCH3 is 2. The molecular weight excluding hydrogens is 386 g/mol. The van der Waals surface area contributed by atoms with Crippen LogP contribution >= 0.6 is 11.3 Å². The molecule has 0 fully saturated rings. The minimum absolute atomic E-state index is 0.192. The zero-order valence-corrected chi connectivity index (χ0v) is 17.4. The van der Waals surface area contributed by atoms with Gasteiger partial charge in [-0.15, -0.1) is 11.3 Å². The van der Waals surface area contributed by atoms with Crippen LogP contribution in [0.5, 0.6) is 11.5 Å². The number of thiazole rings is 1. The number of aromatic nitrogens is 2. The van der Waals surface area contributed by atoms with Gasteiger partial charge in [-0.3, -0.25) is 4.72 Å². The van der Waals surface area contributed by atoms with Gasteiger partial charge in [0.15, 0.2) is 0 Å². The van der Waals surface area contributed by atoms with E-state index < -0.39 is 10.0 Å². The predicted octanol–water partition coefficient (Wildman–Crippen LogP) is 3.58. The van der Waals surface area contributed by atoms with Crippen molar-refractivity contribution in [3.63, 3.8) is 0 Å². The Balaban J connectivity index is 2.04. The van der Waals surface area contributed by atoms with Crippen molar-refractivity contribution in [1.82, 2.24) is 9.55 Å². The second-order valence-corrected chi connectivity index (χ2v) is 8.51. The maximum Gasteiger partial charge on any atom is 0.263 e. The van der Waals surface area contributed by atoms with Gasteiger partial charge < -0.3 is 14.0 Å². The maximum absolute atomic E-state index is 13.1. The zero-order valence-electron chi connectivity index (χ0n) is 15.7. The van der Waals surface area contributed by atoms with Crippen LogP contribution in [0.1, 0.15) is 11.4 Å². The molecule has 1 N–H and O–H groups in total. The molecule has 0 amide bonds. The fraction of sp³-hybridized carbons (Fsp3) is 0.278. The third kappa shape index (κ3) is 3.65. The Morgan fingerprint density at radius 3 is 2.48 bits per heavy atom. The van der Waals surface area contributed by atoms with Gasteiger partial charge in [0, 0.05) is 29.9 Å². The molecule has 1 aromatic carbocycles. The molecule has 144 valence electrons. The highest BCUT2D eigenvalue weighted by Gasteiger charge is 2.24. The Morgan fingerprint density at radius 1 is 1.15 bits per heavy atom. The lowest BCUT2D eigenvalue weighted by molar-refractivity contribution is 0.405. The van der Waals surface area contributed by atoms with E-state index in [1.54, 1.807) is 31.2 Å². The van der Waals surface area contributed by atoms with Gasteiger partial charge in [0.1, 0.15) is 21.4 Å². The fourth-order valence-electron chi connectivity index (χ4n) is 2.71. The van der Waals surface area contributed by atoms with Crippen LogP contribution < -0.4 is 14.2 Å². The molecule has 0 aliphatic carbocycles. The second kappa shape index (κ2) is 7.24. The first-order valence-electron chi connectivity index (χ1n) is 8.10. The van der Waals surface area contributed by atoms with Crippen LogP contribution in [0.25, 0.3) is 10.7 Å². The molecule has 0 saturated carbocycles. The maximum atomic E-state index is 13.1. The molecule has 2 heterocycles. The number of benzene rings is 1. The number of nitrogens with one attached hydrogen (secondary N) is 1. The van der Waals surface area contributed by atoms with Crippen molar-refractivity contribution in [2.45, 2.75) is 18.7 Å². The summed E-state index contributed by atoms with van der Waals surface area (Å²) in [6, 6.07) is 6.58. The van der Waals surface area contributed by atoms with Crippen LogP contribution in [0, 0.1) is 13.8 Å². The second-order valence-electron chi connectivity index (χ2n) is 6.00. The average molecular weight is 408 g/mol. The summed E-state index contributed by atoms with van der Waals surface area (Å²) in [6.45, 7) is 3.67. The molecule has 0 unspecified atom stereocenters. The van der Waals surface area contributed by atoms with E-state index in [9.17, 15) is 8.42 Å². The van der Waals surface area contributed by atoms with Crippen molar-refractivity contribution in [1.29, 1.82) is 0 Å². The highest BCUT2D eigenvalue weighted by Crippen LogP contribution is 2.34. The first-order valence-corrected chi connectivity index (χ1v) is 10.5. The number of aryl methyl sites for hydroxylation is 1. The molecule has 27 heavy (non-hydrogen) atoms. The van der Waals surface area contributed by atoms with Gasteiger partial charge in [0.05, 0.1) is 25.6 Å². The number of hydrogen-bond acceptors (Lipinski definition) is 6. The topological polar surface area (TPSA) is 82.4 Å². The normalized spacial score (nSPS) is 11.4. The first-order chi connectivity index (χ1) is 12.8. The minimum atomic E-state index is -3.83. The van der Waals surface area contributed by atoms with E-state index >= 15 is 0 Å². The molecule has 0 aliphatic rings. The van der Waals surface area contributed by atoms with E-state index in [2.05, 4.69) is 9.71 Å². The van der Waals surface area contributed by atoms with Crippen molar-refractivity contribution < 1.29 is 17.9 Å². The van der Waals surface area contributed by atoms with Gasteiger partial charge in [0.25, 0.3) is 10.0 Å². The van der Waals surface area contributed by atoms with Crippen molar-refractivity contribution in [3.8, 4) is 22.2 Å². The van der Waals surface area contributed by atoms with Gasteiger partial charge in [-0.25, -0.2) is 13.4 Å². The third-order valence-electron chi connectivity index (χ3n) is 4.27. The Bertz CT molecular complexity index is 1080. The highest BCUT2D eigenvalue weighted by atomic mass is 32.2. The number of rotatable bonds is 6. The van der Waals surface area contributed by atoms with E-state index in [1.807, 2.05) is 23.9 Å². The van der Waals surface area contributed by atoms with Crippen molar-refractivity contribution in [2.75, 3.05) is 18.9 Å². The van der Waals surface area contributed by atoms with Crippen molar-refractivity contribution in [2.24, 2.45) is 7.05 Å². The summed E-state index contributed by atoms with van der Waals surface area (Å²) in [5.41, 5.74) is 2.58. The van der Waals surface area contributed by atoms with Gasteiger partial charge >= 0.3 is 0 Å². The average Bonchev–Trinajstić information content (AvgIpc) is 3.19. The molecule has 2 aromatic heterocycles. The number of sulfonamides is 1. The summed E-state index contributed by atoms with van der Waals surface area (Å²) in [5.74, 6) is 0.931. The summed E-state index contributed by atoms with van der Waals surface area (Å²) < 4.78 is 41.0. The Labute approximate surface area is 162 Å². The Morgan fingerprint density at radius 2 is 1.89 bits per heavy atom.